The van der Waals surface area contributed by atoms with E-state index in [0.29, 0.717) is 0 Å². The van der Waals surface area contributed by atoms with Crippen LogP contribution < -0.4 is 0 Å². The van der Waals surface area contributed by atoms with Crippen molar-refractivity contribution >= 4 is 22.6 Å². The Morgan fingerprint density at radius 2 is 2.38 bits per heavy atom. The van der Waals surface area contributed by atoms with Gasteiger partial charge in [0.05, 0.1) is 11.0 Å². The fourth-order valence-electron chi connectivity index (χ4n) is 1.27. The number of halogens is 1. The van der Waals surface area contributed by atoms with Crippen LogP contribution in [0.1, 0.15) is 5.82 Å². The van der Waals surface area contributed by atoms with Crippen molar-refractivity contribution in [3.8, 4) is 0 Å². The van der Waals surface area contributed by atoms with Crippen LogP contribution in [0.5, 0.6) is 0 Å². The number of hydrogen-bond donors (Lipinski definition) is 1. The minimum atomic E-state index is 0.723. The highest BCUT2D eigenvalue weighted by Crippen LogP contribution is 2.17. The van der Waals surface area contributed by atoms with Crippen molar-refractivity contribution in [2.24, 2.45) is 0 Å². The summed E-state index contributed by atoms with van der Waals surface area (Å²) in [6.45, 7) is 3.66. The number of nitrogens with zero attached hydrogens (tertiary/aromatic N) is 1. The minimum absolute atomic E-state index is 0.723. The lowest BCUT2D eigenvalue weighted by Gasteiger charge is -1.87. The maximum absolute atomic E-state index is 5.84. The van der Waals surface area contributed by atoms with E-state index in [9.17, 15) is 0 Å². The van der Waals surface area contributed by atoms with Crippen LogP contribution in [-0.2, 0) is 6.42 Å². The Labute approximate surface area is 81.3 Å². The van der Waals surface area contributed by atoms with Gasteiger partial charge in [0.15, 0.2) is 0 Å². The van der Waals surface area contributed by atoms with Crippen LogP contribution in [0.3, 0.4) is 0 Å². The number of hydrogen-bond acceptors (Lipinski definition) is 1. The van der Waals surface area contributed by atoms with E-state index in [1.807, 2.05) is 24.3 Å². The number of aromatic nitrogens is 2. The summed E-state index contributed by atoms with van der Waals surface area (Å²) in [5.74, 6) is 0.923. The summed E-state index contributed by atoms with van der Waals surface area (Å²) in [5.41, 5.74) is 1.92. The van der Waals surface area contributed by atoms with Gasteiger partial charge >= 0.3 is 0 Å². The standard InChI is InChI=1S/C10H9ClN2/c1-2-3-10-12-8-5-4-7(11)6-9(8)13-10/h2,4-6H,1,3H2,(H,12,13). The molecule has 1 aromatic carbocycles. The molecule has 1 aromatic heterocycles. The molecule has 0 aliphatic carbocycles. The van der Waals surface area contributed by atoms with Crippen LogP contribution in [0.2, 0.25) is 5.02 Å². The second-order valence-corrected chi connectivity index (χ2v) is 3.27. The van der Waals surface area contributed by atoms with Crippen molar-refractivity contribution in [3.63, 3.8) is 0 Å². The number of H-pyrrole nitrogens is 1. The van der Waals surface area contributed by atoms with Gasteiger partial charge in [-0.15, -0.1) is 6.58 Å². The van der Waals surface area contributed by atoms with Crippen molar-refractivity contribution in [3.05, 3.63) is 41.7 Å². The highest BCUT2D eigenvalue weighted by atomic mass is 35.5. The van der Waals surface area contributed by atoms with Gasteiger partial charge in [-0.3, -0.25) is 0 Å². The van der Waals surface area contributed by atoms with Gasteiger partial charge in [-0.1, -0.05) is 17.7 Å². The molecule has 0 spiro atoms. The molecule has 0 aliphatic rings. The molecular weight excluding hydrogens is 184 g/mol. The number of allylic oxidation sites excluding steroid dienone is 1. The number of aromatic amines is 1. The Kier molecular flexibility index (Phi) is 2.07. The predicted octanol–water partition coefficient (Wildman–Crippen LogP) is 2.94. The van der Waals surface area contributed by atoms with E-state index in [1.54, 1.807) is 0 Å². The number of rotatable bonds is 2. The molecule has 0 atom stereocenters. The molecule has 0 saturated heterocycles. The normalized spacial score (nSPS) is 10.5. The maximum Gasteiger partial charge on any atom is 0.111 e. The summed E-state index contributed by atoms with van der Waals surface area (Å²) >= 11 is 5.84. The lowest BCUT2D eigenvalue weighted by molar-refractivity contribution is 1.07. The van der Waals surface area contributed by atoms with Crippen molar-refractivity contribution in [2.45, 2.75) is 6.42 Å². The summed E-state index contributed by atoms with van der Waals surface area (Å²) in [6.07, 6.45) is 2.58. The second-order valence-electron chi connectivity index (χ2n) is 2.84. The van der Waals surface area contributed by atoms with Gasteiger partial charge in [0, 0.05) is 11.4 Å². The molecule has 0 aliphatic heterocycles. The number of benzene rings is 1. The van der Waals surface area contributed by atoms with Gasteiger partial charge < -0.3 is 4.98 Å². The average molecular weight is 193 g/mol. The smallest absolute Gasteiger partial charge is 0.111 e. The third kappa shape index (κ3) is 1.58. The van der Waals surface area contributed by atoms with Crippen molar-refractivity contribution < 1.29 is 0 Å². The summed E-state index contributed by atoms with van der Waals surface area (Å²) in [5, 5.41) is 0.723. The predicted molar refractivity (Wildman–Crippen MR) is 55.0 cm³/mol. The Bertz CT molecular complexity index is 445. The molecule has 2 aromatic rings. The molecule has 0 saturated carbocycles. The van der Waals surface area contributed by atoms with E-state index in [4.69, 9.17) is 11.6 Å². The van der Waals surface area contributed by atoms with Crippen molar-refractivity contribution in [2.75, 3.05) is 0 Å². The first-order chi connectivity index (χ1) is 6.29. The fraction of sp³-hybridized carbons (Fsp3) is 0.100. The van der Waals surface area contributed by atoms with E-state index >= 15 is 0 Å². The molecule has 0 bridgehead atoms. The Balaban J connectivity index is 2.55. The van der Waals surface area contributed by atoms with Gasteiger partial charge in [0.2, 0.25) is 0 Å². The zero-order valence-corrected chi connectivity index (χ0v) is 7.80. The Hall–Kier alpha value is -1.28. The first-order valence-corrected chi connectivity index (χ1v) is 4.42. The highest BCUT2D eigenvalue weighted by molar-refractivity contribution is 6.31. The summed E-state index contributed by atoms with van der Waals surface area (Å²) in [6, 6.07) is 5.61. The molecule has 1 heterocycles. The van der Waals surface area contributed by atoms with E-state index in [1.165, 1.54) is 0 Å². The zero-order chi connectivity index (χ0) is 9.26. The monoisotopic (exact) mass is 192 g/mol. The van der Waals surface area contributed by atoms with Crippen LogP contribution in [0.15, 0.2) is 30.9 Å². The summed E-state index contributed by atoms with van der Waals surface area (Å²) in [4.78, 5) is 7.53. The van der Waals surface area contributed by atoms with Crippen LogP contribution in [-0.4, -0.2) is 9.97 Å². The third-order valence-corrected chi connectivity index (χ3v) is 2.07. The van der Waals surface area contributed by atoms with Gasteiger partial charge in [-0.25, -0.2) is 4.98 Å². The number of fused-ring (bicyclic) bond motifs is 1. The molecule has 0 fully saturated rings. The summed E-state index contributed by atoms with van der Waals surface area (Å²) in [7, 11) is 0. The number of imidazole rings is 1. The highest BCUT2D eigenvalue weighted by Gasteiger charge is 2.00. The molecule has 0 unspecified atom stereocenters. The maximum atomic E-state index is 5.84. The molecule has 2 rings (SSSR count). The average Bonchev–Trinajstić information content (AvgIpc) is 2.46. The SMILES string of the molecule is C=CCc1nc2ccc(Cl)cc2[nH]1. The topological polar surface area (TPSA) is 28.7 Å². The van der Waals surface area contributed by atoms with E-state index in [-0.39, 0.29) is 0 Å². The second kappa shape index (κ2) is 3.23. The molecule has 0 amide bonds. The van der Waals surface area contributed by atoms with Crippen LogP contribution in [0, 0.1) is 0 Å². The first kappa shape index (κ1) is 8.32. The lowest BCUT2D eigenvalue weighted by Crippen LogP contribution is -1.81. The van der Waals surface area contributed by atoms with Crippen molar-refractivity contribution in [1.29, 1.82) is 0 Å². The molecule has 0 radical (unpaired) electrons. The molecule has 66 valence electrons. The summed E-state index contributed by atoms with van der Waals surface area (Å²) < 4.78 is 0. The van der Waals surface area contributed by atoms with Crippen LogP contribution >= 0.6 is 11.6 Å². The van der Waals surface area contributed by atoms with Gasteiger partial charge in [-0.05, 0) is 18.2 Å². The van der Waals surface area contributed by atoms with E-state index in [0.717, 1.165) is 28.3 Å². The van der Waals surface area contributed by atoms with Crippen LogP contribution in [0.25, 0.3) is 11.0 Å². The first-order valence-electron chi connectivity index (χ1n) is 4.04. The fourth-order valence-corrected chi connectivity index (χ4v) is 1.44. The molecule has 1 N–H and O–H groups in total. The lowest BCUT2D eigenvalue weighted by atomic mass is 10.3. The number of nitrogens with one attached hydrogen (secondary N) is 1. The van der Waals surface area contributed by atoms with Gasteiger partial charge in [-0.2, -0.15) is 0 Å². The van der Waals surface area contributed by atoms with E-state index < -0.39 is 0 Å². The molecular formula is C10H9ClN2. The minimum Gasteiger partial charge on any atom is -0.342 e. The van der Waals surface area contributed by atoms with Crippen molar-refractivity contribution in [1.82, 2.24) is 9.97 Å². The Morgan fingerprint density at radius 1 is 1.54 bits per heavy atom. The third-order valence-electron chi connectivity index (χ3n) is 1.83. The Morgan fingerprint density at radius 3 is 3.15 bits per heavy atom. The molecule has 2 nitrogen and oxygen atoms in total. The van der Waals surface area contributed by atoms with Crippen LogP contribution in [0.4, 0.5) is 0 Å². The van der Waals surface area contributed by atoms with Gasteiger partial charge in [0.25, 0.3) is 0 Å². The molecule has 3 heteroatoms. The zero-order valence-electron chi connectivity index (χ0n) is 7.05. The quantitative estimate of drug-likeness (QED) is 0.729. The van der Waals surface area contributed by atoms with E-state index in [2.05, 4.69) is 16.5 Å². The molecule has 13 heavy (non-hydrogen) atoms. The van der Waals surface area contributed by atoms with Gasteiger partial charge in [0.1, 0.15) is 5.82 Å². The largest absolute Gasteiger partial charge is 0.342 e.